The number of alkyl carbamates (subject to hydrolysis) is 1. The number of aryl methyl sites for hydroxylation is 1. The molecule has 1 aliphatic rings. The Morgan fingerprint density at radius 2 is 2.14 bits per heavy atom. The van der Waals surface area contributed by atoms with E-state index in [1.54, 1.807) is 10.7 Å². The summed E-state index contributed by atoms with van der Waals surface area (Å²) < 4.78 is 21.7. The first-order valence-electron chi connectivity index (χ1n) is 9.40. The third-order valence-electron chi connectivity index (χ3n) is 4.54. The standard InChI is InChI=1S/C20H24BrFN4O3/c1-20(2,3)29-19(28)23-10-12-6-7-26-17(8-12)14(11-24-26)18(27)25-16-5-4-13(21)9-15(16)22/h4-5,9,11-12H,6-8,10H2,1-3H3,(H,23,28)(H,25,27). The molecule has 156 valence electrons. The molecule has 0 fully saturated rings. The van der Waals surface area contributed by atoms with Crippen LogP contribution in [0.15, 0.2) is 28.9 Å². The normalized spacial score (nSPS) is 16.1. The molecule has 0 spiro atoms. The molecule has 9 heteroatoms. The summed E-state index contributed by atoms with van der Waals surface area (Å²) in [6.07, 6.45) is 2.46. The number of anilines is 1. The molecule has 0 radical (unpaired) electrons. The zero-order valence-corrected chi connectivity index (χ0v) is 18.2. The number of benzene rings is 1. The van der Waals surface area contributed by atoms with Crippen LogP contribution in [0.25, 0.3) is 0 Å². The topological polar surface area (TPSA) is 85.2 Å². The van der Waals surface area contributed by atoms with E-state index in [4.69, 9.17) is 4.74 Å². The van der Waals surface area contributed by atoms with Crippen molar-refractivity contribution in [2.75, 3.05) is 11.9 Å². The Balaban J connectivity index is 1.64. The van der Waals surface area contributed by atoms with Gasteiger partial charge in [0.1, 0.15) is 11.4 Å². The number of rotatable bonds is 4. The second-order valence-electron chi connectivity index (χ2n) is 8.05. The van der Waals surface area contributed by atoms with E-state index in [0.717, 1.165) is 12.1 Å². The number of hydrogen-bond acceptors (Lipinski definition) is 4. The summed E-state index contributed by atoms with van der Waals surface area (Å²) in [5, 5.41) is 9.67. The SMILES string of the molecule is CC(C)(C)OC(=O)NCC1CCn2ncc(C(=O)Nc3ccc(Br)cc3F)c2C1. The highest BCUT2D eigenvalue weighted by atomic mass is 79.9. The molecule has 29 heavy (non-hydrogen) atoms. The van der Waals surface area contributed by atoms with Crippen molar-refractivity contribution in [2.45, 2.75) is 45.8 Å². The third kappa shape index (κ3) is 5.56. The molecule has 1 aliphatic heterocycles. The average molecular weight is 467 g/mol. The lowest BCUT2D eigenvalue weighted by Crippen LogP contribution is -2.37. The molecule has 0 saturated carbocycles. The first-order chi connectivity index (χ1) is 13.6. The van der Waals surface area contributed by atoms with Crippen LogP contribution in [-0.4, -0.2) is 33.9 Å². The summed E-state index contributed by atoms with van der Waals surface area (Å²) in [6, 6.07) is 4.45. The van der Waals surface area contributed by atoms with Gasteiger partial charge < -0.3 is 15.4 Å². The second-order valence-corrected chi connectivity index (χ2v) is 8.96. The highest BCUT2D eigenvalue weighted by Crippen LogP contribution is 2.25. The van der Waals surface area contributed by atoms with Gasteiger partial charge in [-0.3, -0.25) is 9.48 Å². The maximum absolute atomic E-state index is 14.0. The third-order valence-corrected chi connectivity index (χ3v) is 5.03. The van der Waals surface area contributed by atoms with Gasteiger partial charge >= 0.3 is 6.09 Å². The van der Waals surface area contributed by atoms with Gasteiger partial charge in [-0.1, -0.05) is 15.9 Å². The second kappa shape index (κ2) is 8.52. The molecule has 2 amide bonds. The molecule has 2 N–H and O–H groups in total. The van der Waals surface area contributed by atoms with E-state index >= 15 is 0 Å². The van der Waals surface area contributed by atoms with Gasteiger partial charge in [-0.2, -0.15) is 5.10 Å². The van der Waals surface area contributed by atoms with Crippen LogP contribution in [0.2, 0.25) is 0 Å². The minimum Gasteiger partial charge on any atom is -0.444 e. The predicted octanol–water partition coefficient (Wildman–Crippen LogP) is 4.12. The fourth-order valence-corrected chi connectivity index (χ4v) is 3.52. The van der Waals surface area contributed by atoms with E-state index in [2.05, 4.69) is 31.7 Å². The molecule has 1 aromatic heterocycles. The summed E-state index contributed by atoms with van der Waals surface area (Å²) in [6.45, 7) is 6.53. The van der Waals surface area contributed by atoms with Crippen molar-refractivity contribution in [3.8, 4) is 0 Å². The summed E-state index contributed by atoms with van der Waals surface area (Å²) in [7, 11) is 0. The van der Waals surface area contributed by atoms with Crippen LogP contribution in [0.4, 0.5) is 14.9 Å². The Morgan fingerprint density at radius 3 is 2.83 bits per heavy atom. The number of amides is 2. The Labute approximate surface area is 177 Å². The van der Waals surface area contributed by atoms with Gasteiger partial charge in [0.15, 0.2) is 0 Å². The van der Waals surface area contributed by atoms with Crippen LogP contribution in [0, 0.1) is 11.7 Å². The molecule has 1 atom stereocenters. The average Bonchev–Trinajstić information content (AvgIpc) is 3.04. The fraction of sp³-hybridized carbons (Fsp3) is 0.450. The van der Waals surface area contributed by atoms with Crippen molar-refractivity contribution >= 4 is 33.6 Å². The number of nitrogens with zero attached hydrogens (tertiary/aromatic N) is 2. The Kier molecular flexibility index (Phi) is 6.26. The van der Waals surface area contributed by atoms with E-state index < -0.39 is 23.4 Å². The van der Waals surface area contributed by atoms with Crippen molar-refractivity contribution in [2.24, 2.45) is 5.92 Å². The van der Waals surface area contributed by atoms with Gasteiger partial charge in [0, 0.05) is 17.6 Å². The number of nitrogens with one attached hydrogen (secondary N) is 2. The zero-order valence-electron chi connectivity index (χ0n) is 16.6. The quantitative estimate of drug-likeness (QED) is 0.709. The van der Waals surface area contributed by atoms with E-state index in [0.29, 0.717) is 29.5 Å². The van der Waals surface area contributed by atoms with Gasteiger partial charge in [0.2, 0.25) is 0 Å². The van der Waals surface area contributed by atoms with Crippen LogP contribution < -0.4 is 10.6 Å². The van der Waals surface area contributed by atoms with Gasteiger partial charge in [-0.15, -0.1) is 0 Å². The summed E-state index contributed by atoms with van der Waals surface area (Å²) in [5.41, 5.74) is 0.747. The van der Waals surface area contributed by atoms with E-state index in [9.17, 15) is 14.0 Å². The molecule has 2 heterocycles. The number of aromatic nitrogens is 2. The number of carbonyl (C=O) groups excluding carboxylic acids is 2. The number of halogens is 2. The molecule has 2 aromatic rings. The largest absolute Gasteiger partial charge is 0.444 e. The fourth-order valence-electron chi connectivity index (χ4n) is 3.19. The monoisotopic (exact) mass is 466 g/mol. The van der Waals surface area contributed by atoms with Crippen molar-refractivity contribution < 1.29 is 18.7 Å². The highest BCUT2D eigenvalue weighted by molar-refractivity contribution is 9.10. The molecule has 3 rings (SSSR count). The molecule has 0 saturated heterocycles. The maximum atomic E-state index is 14.0. The molecule has 1 aromatic carbocycles. The first-order valence-corrected chi connectivity index (χ1v) is 10.2. The maximum Gasteiger partial charge on any atom is 0.407 e. The van der Waals surface area contributed by atoms with E-state index in [-0.39, 0.29) is 11.6 Å². The molecule has 0 bridgehead atoms. The number of ether oxygens (including phenoxy) is 1. The van der Waals surface area contributed by atoms with E-state index in [1.165, 1.54) is 18.3 Å². The van der Waals surface area contributed by atoms with Crippen molar-refractivity contribution in [1.29, 1.82) is 0 Å². The molecule has 7 nitrogen and oxygen atoms in total. The van der Waals surface area contributed by atoms with Crippen molar-refractivity contribution in [1.82, 2.24) is 15.1 Å². The lowest BCUT2D eigenvalue weighted by atomic mass is 9.94. The zero-order chi connectivity index (χ0) is 21.2. The minimum absolute atomic E-state index is 0.108. The van der Waals surface area contributed by atoms with Crippen LogP contribution >= 0.6 is 15.9 Å². The van der Waals surface area contributed by atoms with Crippen LogP contribution in [0.1, 0.15) is 43.2 Å². The molecule has 1 unspecified atom stereocenters. The van der Waals surface area contributed by atoms with Crippen LogP contribution in [0.5, 0.6) is 0 Å². The molecular formula is C20H24BrFN4O3. The summed E-state index contributed by atoms with van der Waals surface area (Å²) in [5.74, 6) is -0.774. The Bertz CT molecular complexity index is 923. The Hall–Kier alpha value is -2.42. The number of fused-ring (bicyclic) bond motifs is 1. The van der Waals surface area contributed by atoms with E-state index in [1.807, 2.05) is 20.8 Å². The van der Waals surface area contributed by atoms with Crippen LogP contribution in [-0.2, 0) is 17.7 Å². The molecular weight excluding hydrogens is 443 g/mol. The Morgan fingerprint density at radius 1 is 1.38 bits per heavy atom. The van der Waals surface area contributed by atoms with Gasteiger partial charge in [0.25, 0.3) is 5.91 Å². The van der Waals surface area contributed by atoms with Gasteiger partial charge in [-0.25, -0.2) is 9.18 Å². The minimum atomic E-state index is -0.553. The molecule has 0 aliphatic carbocycles. The predicted molar refractivity (Wildman–Crippen MR) is 110 cm³/mol. The number of carbonyl (C=O) groups is 2. The summed E-state index contributed by atoms with van der Waals surface area (Å²) in [4.78, 5) is 24.6. The van der Waals surface area contributed by atoms with Crippen molar-refractivity contribution in [3.05, 3.63) is 45.9 Å². The first kappa shape index (κ1) is 21.3. The lowest BCUT2D eigenvalue weighted by molar-refractivity contribution is 0.0516. The van der Waals surface area contributed by atoms with Gasteiger partial charge in [0.05, 0.1) is 23.1 Å². The summed E-state index contributed by atoms with van der Waals surface area (Å²) >= 11 is 3.19. The lowest BCUT2D eigenvalue weighted by Gasteiger charge is -2.25. The van der Waals surface area contributed by atoms with Crippen molar-refractivity contribution in [3.63, 3.8) is 0 Å². The number of hydrogen-bond donors (Lipinski definition) is 2. The highest BCUT2D eigenvalue weighted by Gasteiger charge is 2.26. The van der Waals surface area contributed by atoms with Crippen LogP contribution in [0.3, 0.4) is 0 Å². The smallest absolute Gasteiger partial charge is 0.407 e. The van der Waals surface area contributed by atoms with Gasteiger partial charge in [-0.05, 0) is 57.7 Å².